The SMILES string of the molecule is COC(=O)CCc1cnc([C@@H]2C[C@@H]3CCCC[C@@H]3N2C(=O)Cc2cc(Cl)c(NC(=O)c3cn(C)c4ccccc34)cc2Cl)s1. The normalized spacial score (nSPS) is 19.6. The molecule has 1 saturated carbocycles. The lowest BCUT2D eigenvalue weighted by molar-refractivity contribution is -0.140. The van der Waals surface area contributed by atoms with Gasteiger partial charge in [0.05, 0.1) is 42.3 Å². The number of hydrogen-bond acceptors (Lipinski definition) is 6. The summed E-state index contributed by atoms with van der Waals surface area (Å²) < 4.78 is 6.69. The highest BCUT2D eigenvalue weighted by atomic mass is 35.5. The molecule has 1 aliphatic carbocycles. The molecule has 3 heterocycles. The highest BCUT2D eigenvalue weighted by Crippen LogP contribution is 2.47. The number of benzene rings is 2. The van der Waals surface area contributed by atoms with Crippen molar-refractivity contribution in [3.05, 3.63) is 79.8 Å². The number of esters is 1. The van der Waals surface area contributed by atoms with E-state index in [1.807, 2.05) is 47.0 Å². The number of carbonyl (C=O) groups excluding carboxylic acids is 3. The van der Waals surface area contributed by atoms with Gasteiger partial charge in [0.2, 0.25) is 5.91 Å². The minimum atomic E-state index is -0.291. The van der Waals surface area contributed by atoms with Gasteiger partial charge in [-0.1, -0.05) is 54.2 Å². The lowest BCUT2D eigenvalue weighted by Gasteiger charge is -2.33. The van der Waals surface area contributed by atoms with Gasteiger partial charge in [-0.25, -0.2) is 4.98 Å². The number of hydrogen-bond donors (Lipinski definition) is 1. The minimum absolute atomic E-state index is 0.0128. The predicted octanol–water partition coefficient (Wildman–Crippen LogP) is 7.37. The lowest BCUT2D eigenvalue weighted by Crippen LogP contribution is -2.41. The first kappa shape index (κ1) is 30.6. The molecule has 3 atom stereocenters. The summed E-state index contributed by atoms with van der Waals surface area (Å²) in [6, 6.07) is 11.0. The lowest BCUT2D eigenvalue weighted by atomic mass is 9.84. The molecule has 1 aliphatic heterocycles. The number of fused-ring (bicyclic) bond motifs is 2. The van der Waals surface area contributed by atoms with E-state index in [2.05, 4.69) is 5.32 Å². The summed E-state index contributed by atoms with van der Waals surface area (Å²) in [5.41, 5.74) is 2.48. The van der Waals surface area contributed by atoms with Gasteiger partial charge in [-0.05, 0) is 55.4 Å². The first-order valence-corrected chi connectivity index (χ1v) is 16.5. The number of anilines is 1. The molecule has 0 bridgehead atoms. The Balaban J connectivity index is 1.20. The summed E-state index contributed by atoms with van der Waals surface area (Å²) in [5.74, 6) is -0.119. The molecule has 11 heteroatoms. The van der Waals surface area contributed by atoms with Crippen molar-refractivity contribution in [3.8, 4) is 0 Å². The number of thiazole rings is 1. The van der Waals surface area contributed by atoms with Crippen LogP contribution in [0.3, 0.4) is 0 Å². The summed E-state index contributed by atoms with van der Waals surface area (Å²) in [7, 11) is 3.29. The van der Waals surface area contributed by atoms with E-state index in [1.165, 1.54) is 13.5 Å². The molecule has 6 rings (SSSR count). The molecular weight excluding hydrogens is 619 g/mol. The zero-order valence-corrected chi connectivity index (χ0v) is 27.0. The van der Waals surface area contributed by atoms with Crippen molar-refractivity contribution in [3.63, 3.8) is 0 Å². The minimum Gasteiger partial charge on any atom is -0.469 e. The van der Waals surface area contributed by atoms with E-state index in [0.29, 0.717) is 45.6 Å². The van der Waals surface area contributed by atoms with Crippen molar-refractivity contribution in [1.29, 1.82) is 0 Å². The number of amides is 2. The van der Waals surface area contributed by atoms with E-state index in [1.54, 1.807) is 29.7 Å². The number of nitrogens with zero attached hydrogens (tertiary/aromatic N) is 3. The molecule has 1 N–H and O–H groups in total. The molecule has 230 valence electrons. The molecule has 2 fully saturated rings. The van der Waals surface area contributed by atoms with Crippen LogP contribution in [-0.4, -0.2) is 45.4 Å². The largest absolute Gasteiger partial charge is 0.469 e. The van der Waals surface area contributed by atoms with Crippen molar-refractivity contribution < 1.29 is 19.1 Å². The fourth-order valence-electron chi connectivity index (χ4n) is 6.74. The van der Waals surface area contributed by atoms with Crippen molar-refractivity contribution in [2.24, 2.45) is 13.0 Å². The first-order valence-electron chi connectivity index (χ1n) is 14.9. The third-order valence-corrected chi connectivity index (χ3v) is 10.7. The van der Waals surface area contributed by atoms with E-state index in [9.17, 15) is 14.4 Å². The maximum Gasteiger partial charge on any atom is 0.305 e. The summed E-state index contributed by atoms with van der Waals surface area (Å²) >= 11 is 14.9. The summed E-state index contributed by atoms with van der Waals surface area (Å²) in [6.45, 7) is 0. The Morgan fingerprint density at radius 3 is 2.73 bits per heavy atom. The van der Waals surface area contributed by atoms with E-state index in [0.717, 1.165) is 46.5 Å². The molecular formula is C33H34Cl2N4O4S. The van der Waals surface area contributed by atoms with E-state index in [4.69, 9.17) is 32.9 Å². The predicted molar refractivity (Wildman–Crippen MR) is 173 cm³/mol. The molecule has 0 radical (unpaired) electrons. The Morgan fingerprint density at radius 1 is 1.11 bits per heavy atom. The highest BCUT2D eigenvalue weighted by molar-refractivity contribution is 7.11. The third-order valence-electron chi connectivity index (χ3n) is 8.90. The Kier molecular flexibility index (Phi) is 8.98. The smallest absolute Gasteiger partial charge is 0.305 e. The van der Waals surface area contributed by atoms with E-state index >= 15 is 0 Å². The van der Waals surface area contributed by atoms with Gasteiger partial charge in [-0.3, -0.25) is 14.4 Å². The number of halogens is 2. The third kappa shape index (κ3) is 6.10. The standard InChI is InChI=1S/C33H34Cl2N4O4S/c1-38-18-23(22-8-4-6-10-28(22)38)32(42)37-26-16-24(34)20(13-25(26)35)15-30(40)39-27-9-5-3-7-19(27)14-29(39)33-36-17-21(44-33)11-12-31(41)43-2/h4,6,8,10,13,16-19,27,29H,3,5,7,9,11-12,14-15H2,1-2H3,(H,37,42)/t19-,27-,29-/m0/s1. The molecule has 0 spiro atoms. The average molecular weight is 654 g/mol. The van der Waals surface area contributed by atoms with Gasteiger partial charge in [-0.15, -0.1) is 11.3 Å². The molecule has 44 heavy (non-hydrogen) atoms. The molecule has 0 unspecified atom stereocenters. The number of methoxy groups -OCH3 is 1. The summed E-state index contributed by atoms with van der Waals surface area (Å²) in [6.07, 6.45) is 9.79. The van der Waals surface area contributed by atoms with Crippen molar-refractivity contribution in [2.45, 2.75) is 63.5 Å². The van der Waals surface area contributed by atoms with Crippen LogP contribution in [0.5, 0.6) is 0 Å². The van der Waals surface area contributed by atoms with Crippen LogP contribution in [0.25, 0.3) is 10.9 Å². The number of likely N-dealkylation sites (tertiary alicyclic amines) is 1. The van der Waals surface area contributed by atoms with Crippen LogP contribution >= 0.6 is 34.5 Å². The van der Waals surface area contributed by atoms with Crippen LogP contribution < -0.4 is 5.32 Å². The molecule has 2 aromatic carbocycles. The summed E-state index contributed by atoms with van der Waals surface area (Å²) in [4.78, 5) is 46.6. The number of nitrogens with one attached hydrogen (secondary N) is 1. The second-order valence-corrected chi connectivity index (χ2v) is 13.6. The fraction of sp³-hybridized carbons (Fsp3) is 0.394. The maximum atomic E-state index is 14.0. The Bertz CT molecular complexity index is 1730. The molecule has 8 nitrogen and oxygen atoms in total. The number of rotatable bonds is 8. The van der Waals surface area contributed by atoms with Gasteiger partial charge >= 0.3 is 5.97 Å². The first-order chi connectivity index (χ1) is 21.2. The van der Waals surface area contributed by atoms with Crippen LogP contribution in [0.1, 0.15) is 70.4 Å². The summed E-state index contributed by atoms with van der Waals surface area (Å²) in [5, 5.41) is 5.33. The van der Waals surface area contributed by atoms with E-state index < -0.39 is 0 Å². The van der Waals surface area contributed by atoms with Crippen LogP contribution in [0.15, 0.2) is 48.8 Å². The number of ether oxygens (including phenoxy) is 1. The Morgan fingerprint density at radius 2 is 1.91 bits per heavy atom. The maximum absolute atomic E-state index is 14.0. The van der Waals surface area contributed by atoms with Gasteiger partial charge in [0, 0.05) is 46.3 Å². The molecule has 1 saturated heterocycles. The molecule has 2 aliphatic rings. The van der Waals surface area contributed by atoms with Crippen molar-refractivity contribution in [2.75, 3.05) is 12.4 Å². The van der Waals surface area contributed by atoms with Gasteiger partial charge in [-0.2, -0.15) is 0 Å². The zero-order valence-electron chi connectivity index (χ0n) is 24.6. The van der Waals surface area contributed by atoms with E-state index in [-0.39, 0.29) is 36.3 Å². The van der Waals surface area contributed by atoms with Crippen molar-refractivity contribution in [1.82, 2.24) is 14.5 Å². The average Bonchev–Trinajstić information content (AvgIpc) is 3.74. The number of aryl methyl sites for hydroxylation is 2. The Hall–Kier alpha value is -3.40. The van der Waals surface area contributed by atoms with Crippen LogP contribution in [0.2, 0.25) is 10.0 Å². The Labute approximate surface area is 270 Å². The fourth-order valence-corrected chi connectivity index (χ4v) is 8.24. The quantitative estimate of drug-likeness (QED) is 0.201. The van der Waals surface area contributed by atoms with Gasteiger partial charge in [0.15, 0.2) is 0 Å². The monoisotopic (exact) mass is 652 g/mol. The van der Waals surface area contributed by atoms with Crippen LogP contribution in [-0.2, 0) is 34.2 Å². The van der Waals surface area contributed by atoms with Gasteiger partial charge in [0.1, 0.15) is 5.01 Å². The van der Waals surface area contributed by atoms with Gasteiger partial charge < -0.3 is 19.5 Å². The zero-order chi connectivity index (χ0) is 31.0. The van der Waals surface area contributed by atoms with Crippen molar-refractivity contribution >= 4 is 68.9 Å². The second kappa shape index (κ2) is 12.9. The molecule has 4 aromatic rings. The topological polar surface area (TPSA) is 93.5 Å². The number of carbonyl (C=O) groups is 3. The molecule has 2 aromatic heterocycles. The highest BCUT2D eigenvalue weighted by Gasteiger charge is 2.46. The van der Waals surface area contributed by atoms with Crippen LogP contribution in [0.4, 0.5) is 5.69 Å². The van der Waals surface area contributed by atoms with Gasteiger partial charge in [0.25, 0.3) is 5.91 Å². The number of aromatic nitrogens is 2. The second-order valence-electron chi connectivity index (χ2n) is 11.6. The van der Waals surface area contributed by atoms with Crippen LogP contribution in [0, 0.1) is 5.92 Å². The molecule has 2 amide bonds. The number of para-hydroxylation sites is 1.